The van der Waals surface area contributed by atoms with Gasteiger partial charge in [-0.2, -0.15) is 0 Å². The molecule has 0 bridgehead atoms. The Morgan fingerprint density at radius 1 is 0.824 bits per heavy atom. The SMILES string of the molecule is Cc1ccccc1P(C)(C)([Si])c1ccccc1. The van der Waals surface area contributed by atoms with Crippen LogP contribution in [0.4, 0.5) is 0 Å². The molecule has 0 fully saturated rings. The molecule has 0 N–H and O–H groups in total. The number of aryl methyl sites for hydroxylation is 1. The van der Waals surface area contributed by atoms with Crippen LogP contribution in [0.3, 0.4) is 0 Å². The summed E-state index contributed by atoms with van der Waals surface area (Å²) >= 11 is 0. The number of benzene rings is 2. The Kier molecular flexibility index (Phi) is 3.01. The summed E-state index contributed by atoms with van der Waals surface area (Å²) in [5.41, 5.74) is 1.36. The van der Waals surface area contributed by atoms with Crippen molar-refractivity contribution in [1.82, 2.24) is 0 Å². The summed E-state index contributed by atoms with van der Waals surface area (Å²) in [6.45, 7) is 6.88. The van der Waals surface area contributed by atoms with Crippen LogP contribution in [0.25, 0.3) is 0 Å². The second-order valence-corrected chi connectivity index (χ2v) is 14.5. The van der Waals surface area contributed by atoms with Gasteiger partial charge in [0.2, 0.25) is 0 Å². The van der Waals surface area contributed by atoms with Crippen molar-refractivity contribution in [3.05, 3.63) is 60.2 Å². The first-order chi connectivity index (χ1) is 7.90. The number of rotatable bonds is 2. The van der Waals surface area contributed by atoms with Crippen LogP contribution in [0.15, 0.2) is 54.6 Å². The molecule has 3 radical (unpaired) electrons. The van der Waals surface area contributed by atoms with Gasteiger partial charge in [-0.3, -0.25) is 0 Å². The zero-order valence-electron chi connectivity index (χ0n) is 10.6. The van der Waals surface area contributed by atoms with E-state index in [1.165, 1.54) is 16.2 Å². The van der Waals surface area contributed by atoms with E-state index >= 15 is 0 Å². The van der Waals surface area contributed by atoms with Crippen LogP contribution in [-0.4, -0.2) is 23.2 Å². The average molecular weight is 257 g/mol. The van der Waals surface area contributed by atoms with E-state index in [4.69, 9.17) is 0 Å². The van der Waals surface area contributed by atoms with Crippen LogP contribution in [0.5, 0.6) is 0 Å². The van der Waals surface area contributed by atoms with Gasteiger partial charge in [-0.25, -0.2) is 0 Å². The van der Waals surface area contributed by atoms with Crippen molar-refractivity contribution in [2.24, 2.45) is 0 Å². The Bertz CT molecular complexity index is 523. The van der Waals surface area contributed by atoms with E-state index in [9.17, 15) is 0 Å². The van der Waals surface area contributed by atoms with E-state index in [1.807, 2.05) is 0 Å². The van der Waals surface area contributed by atoms with Crippen LogP contribution in [0, 0.1) is 6.92 Å². The van der Waals surface area contributed by atoms with Gasteiger partial charge in [-0.15, -0.1) is 0 Å². The summed E-state index contributed by atoms with van der Waals surface area (Å²) in [5, 5.41) is 2.82. The Balaban J connectivity index is 2.67. The van der Waals surface area contributed by atoms with Crippen LogP contribution in [0.1, 0.15) is 5.56 Å². The minimum atomic E-state index is -2.18. The predicted octanol–water partition coefficient (Wildman–Crippen LogP) is 2.84. The van der Waals surface area contributed by atoms with Crippen molar-refractivity contribution in [3.8, 4) is 0 Å². The van der Waals surface area contributed by atoms with E-state index in [1.54, 1.807) is 0 Å². The predicted molar refractivity (Wildman–Crippen MR) is 81.4 cm³/mol. The van der Waals surface area contributed by atoms with E-state index in [-0.39, 0.29) is 0 Å². The topological polar surface area (TPSA) is 0 Å². The molecule has 0 amide bonds. The summed E-state index contributed by atoms with van der Waals surface area (Å²) in [5.74, 6) is 0. The fourth-order valence-electron chi connectivity index (χ4n) is 2.33. The van der Waals surface area contributed by atoms with Crippen molar-refractivity contribution in [2.75, 3.05) is 13.3 Å². The molecule has 0 aromatic heterocycles. The molecule has 0 aliphatic rings. The quantitative estimate of drug-likeness (QED) is 0.573. The third-order valence-corrected chi connectivity index (χ3v) is 8.66. The second kappa shape index (κ2) is 4.08. The van der Waals surface area contributed by atoms with Gasteiger partial charge in [-0.1, -0.05) is 0 Å². The average Bonchev–Trinajstić information content (AvgIpc) is 2.30. The van der Waals surface area contributed by atoms with E-state index in [0.717, 1.165) is 0 Å². The van der Waals surface area contributed by atoms with E-state index in [0.29, 0.717) is 0 Å². The Morgan fingerprint density at radius 2 is 1.35 bits per heavy atom. The van der Waals surface area contributed by atoms with Crippen molar-refractivity contribution in [2.45, 2.75) is 6.92 Å². The minimum absolute atomic E-state index is 1.36. The number of hydrogen-bond donors (Lipinski definition) is 0. The Labute approximate surface area is 107 Å². The summed E-state index contributed by atoms with van der Waals surface area (Å²) in [6, 6.07) is 19.4. The molecule has 17 heavy (non-hydrogen) atoms. The van der Waals surface area contributed by atoms with Gasteiger partial charge in [0.1, 0.15) is 0 Å². The summed E-state index contributed by atoms with van der Waals surface area (Å²) in [4.78, 5) is 0. The van der Waals surface area contributed by atoms with Crippen LogP contribution < -0.4 is 10.6 Å². The molecule has 0 saturated heterocycles. The van der Waals surface area contributed by atoms with Gasteiger partial charge in [0.15, 0.2) is 0 Å². The van der Waals surface area contributed by atoms with Crippen molar-refractivity contribution < 1.29 is 0 Å². The summed E-state index contributed by atoms with van der Waals surface area (Å²) < 4.78 is 0. The van der Waals surface area contributed by atoms with Gasteiger partial charge < -0.3 is 0 Å². The van der Waals surface area contributed by atoms with E-state index in [2.05, 4.69) is 84.8 Å². The fourth-order valence-corrected chi connectivity index (χ4v) is 6.54. The summed E-state index contributed by atoms with van der Waals surface area (Å²) in [7, 11) is 4.14. The van der Waals surface area contributed by atoms with Crippen LogP contribution in [0.2, 0.25) is 0 Å². The normalized spacial score (nSPS) is 14.0. The van der Waals surface area contributed by atoms with Gasteiger partial charge in [0.05, 0.1) is 0 Å². The molecule has 2 aromatic carbocycles. The molecular formula is C15H18PSi. The Hall–Kier alpha value is -0.913. The molecule has 87 valence electrons. The first kappa shape index (κ1) is 12.5. The zero-order valence-corrected chi connectivity index (χ0v) is 12.5. The molecule has 0 aliphatic carbocycles. The third kappa shape index (κ3) is 2.22. The maximum atomic E-state index is 4.14. The van der Waals surface area contributed by atoms with Crippen LogP contribution in [-0.2, 0) is 0 Å². The van der Waals surface area contributed by atoms with Crippen molar-refractivity contribution >= 4 is 26.7 Å². The molecule has 0 aliphatic heterocycles. The molecular weight excluding hydrogens is 239 g/mol. The summed E-state index contributed by atoms with van der Waals surface area (Å²) in [6.07, 6.45) is -2.18. The zero-order chi connectivity index (χ0) is 12.5. The van der Waals surface area contributed by atoms with Gasteiger partial charge >= 0.3 is 107 Å². The molecule has 0 heterocycles. The monoisotopic (exact) mass is 257 g/mol. The Morgan fingerprint density at radius 3 is 1.94 bits per heavy atom. The third-order valence-electron chi connectivity index (χ3n) is 3.37. The standard InChI is InChI=1S/C15H18PSi/c1-13-9-7-8-12-15(13)16(2,3,17)14-10-5-4-6-11-14/h4-12H,1-3H3. The first-order valence-corrected chi connectivity index (χ1v) is 10.3. The maximum absolute atomic E-state index is 4.14. The van der Waals surface area contributed by atoms with Crippen molar-refractivity contribution in [3.63, 3.8) is 0 Å². The van der Waals surface area contributed by atoms with Gasteiger partial charge in [0.25, 0.3) is 0 Å². The first-order valence-electron chi connectivity index (χ1n) is 5.80. The fraction of sp³-hybridized carbons (Fsp3) is 0.200. The molecule has 0 saturated carbocycles. The molecule has 2 rings (SSSR count). The second-order valence-electron chi connectivity index (χ2n) is 5.25. The number of hydrogen-bond acceptors (Lipinski definition) is 0. The molecule has 2 heteroatoms. The van der Waals surface area contributed by atoms with Gasteiger partial charge in [0, 0.05) is 0 Å². The molecule has 0 nitrogen and oxygen atoms in total. The molecule has 2 aromatic rings. The molecule has 0 atom stereocenters. The molecule has 0 unspecified atom stereocenters. The van der Waals surface area contributed by atoms with Gasteiger partial charge in [-0.05, 0) is 0 Å². The van der Waals surface area contributed by atoms with Crippen molar-refractivity contribution in [1.29, 1.82) is 0 Å². The van der Waals surface area contributed by atoms with E-state index < -0.39 is 6.15 Å². The molecule has 0 spiro atoms. The van der Waals surface area contributed by atoms with Crippen LogP contribution >= 0.6 is 6.15 Å².